The molecule has 0 saturated carbocycles. The third kappa shape index (κ3) is 2.83. The van der Waals surface area contributed by atoms with E-state index in [4.69, 9.17) is 0 Å². The van der Waals surface area contributed by atoms with Crippen molar-refractivity contribution in [1.29, 1.82) is 0 Å². The van der Waals surface area contributed by atoms with E-state index in [9.17, 15) is 28.5 Å². The van der Waals surface area contributed by atoms with Gasteiger partial charge in [0, 0.05) is 11.1 Å². The van der Waals surface area contributed by atoms with E-state index < -0.39 is 23.9 Å². The normalized spacial score (nSPS) is 23.8. The first-order chi connectivity index (χ1) is 11.2. The molecule has 24 heavy (non-hydrogen) atoms. The Hall–Kier alpha value is -2.19. The van der Waals surface area contributed by atoms with Gasteiger partial charge < -0.3 is 15.3 Å². The monoisotopic (exact) mass is 340 g/mol. The molecule has 5 nitrogen and oxygen atoms in total. The number of phenolic OH excluding ortho intramolecular Hbond substituents is 1. The molecule has 3 rings (SSSR count). The quantitative estimate of drug-likeness (QED) is 0.743. The van der Waals surface area contributed by atoms with E-state index in [0.717, 1.165) is 18.2 Å². The van der Waals surface area contributed by atoms with Gasteiger partial charge in [-0.2, -0.15) is 18.3 Å². The number of fused-ring (bicyclic) bond motifs is 1. The molecule has 1 aromatic carbocycles. The molecule has 8 heteroatoms. The largest absolute Gasteiger partial charge is 0.507 e. The van der Waals surface area contributed by atoms with Gasteiger partial charge in [-0.15, -0.1) is 5.10 Å². The van der Waals surface area contributed by atoms with Crippen LogP contribution in [0.5, 0.6) is 5.75 Å². The predicted octanol–water partition coefficient (Wildman–Crippen LogP) is 2.97. The molecule has 0 radical (unpaired) electrons. The van der Waals surface area contributed by atoms with Crippen LogP contribution < -0.4 is 0 Å². The van der Waals surface area contributed by atoms with Crippen molar-refractivity contribution < 1.29 is 28.5 Å². The first-order valence-electron chi connectivity index (χ1n) is 7.32. The molecular weight excluding hydrogens is 325 g/mol. The highest BCUT2D eigenvalue weighted by molar-refractivity contribution is 5.68. The fourth-order valence-corrected chi connectivity index (χ4v) is 2.84. The molecule has 0 spiro atoms. The number of aromatic hydroxyl groups is 1. The number of rotatable bonds is 1. The van der Waals surface area contributed by atoms with E-state index in [1.54, 1.807) is 6.92 Å². The summed E-state index contributed by atoms with van der Waals surface area (Å²) in [6.45, 7) is 1.76. The number of aliphatic hydroxyl groups is 2. The van der Waals surface area contributed by atoms with Crippen LogP contribution in [0.25, 0.3) is 11.3 Å². The van der Waals surface area contributed by atoms with E-state index in [2.05, 4.69) is 10.2 Å². The van der Waals surface area contributed by atoms with Gasteiger partial charge >= 0.3 is 6.18 Å². The molecule has 1 aromatic heterocycles. The van der Waals surface area contributed by atoms with Crippen LogP contribution in [0.2, 0.25) is 0 Å². The van der Waals surface area contributed by atoms with Crippen molar-refractivity contribution >= 4 is 0 Å². The molecule has 0 fully saturated rings. The predicted molar refractivity (Wildman–Crippen MR) is 77.8 cm³/mol. The number of aromatic nitrogens is 2. The molecule has 0 amide bonds. The van der Waals surface area contributed by atoms with E-state index in [1.807, 2.05) is 0 Å². The molecule has 128 valence electrons. The topological polar surface area (TPSA) is 86.5 Å². The summed E-state index contributed by atoms with van der Waals surface area (Å²) in [5, 5.41) is 37.8. The number of halogens is 3. The van der Waals surface area contributed by atoms with Crippen LogP contribution in [-0.4, -0.2) is 25.5 Å². The van der Waals surface area contributed by atoms with Gasteiger partial charge in [0.25, 0.3) is 0 Å². The van der Waals surface area contributed by atoms with Gasteiger partial charge in [-0.1, -0.05) is 6.92 Å². The highest BCUT2D eigenvalue weighted by Crippen LogP contribution is 2.41. The summed E-state index contributed by atoms with van der Waals surface area (Å²) in [4.78, 5) is 0. The van der Waals surface area contributed by atoms with Crippen LogP contribution in [0, 0.1) is 5.92 Å². The second-order valence-corrected chi connectivity index (χ2v) is 5.97. The Labute approximate surface area is 135 Å². The van der Waals surface area contributed by atoms with Crippen LogP contribution in [0.15, 0.2) is 24.3 Å². The van der Waals surface area contributed by atoms with Crippen molar-refractivity contribution in [3.8, 4) is 17.0 Å². The lowest BCUT2D eigenvalue weighted by Gasteiger charge is -2.29. The van der Waals surface area contributed by atoms with Crippen molar-refractivity contribution in [2.24, 2.45) is 5.92 Å². The smallest absolute Gasteiger partial charge is 0.416 e. The standard InChI is InChI=1S/C16H15F3N2O3/c1-7-4-13(23)10-6-11(20-21-14(10)15(7)24)9-5-8(16(17,18)19)2-3-12(9)22/h2-3,5-7,13,15,22-24H,4H2,1H3. The minimum Gasteiger partial charge on any atom is -0.507 e. The average molecular weight is 340 g/mol. The van der Waals surface area contributed by atoms with E-state index in [-0.39, 0.29) is 28.6 Å². The molecule has 0 bridgehead atoms. The molecule has 3 N–H and O–H groups in total. The average Bonchev–Trinajstić information content (AvgIpc) is 2.51. The summed E-state index contributed by atoms with van der Waals surface area (Å²) in [5.74, 6) is -0.592. The van der Waals surface area contributed by atoms with Gasteiger partial charge in [-0.25, -0.2) is 0 Å². The summed E-state index contributed by atoms with van der Waals surface area (Å²) in [7, 11) is 0. The number of hydrogen-bond acceptors (Lipinski definition) is 5. The minimum atomic E-state index is -4.56. The Bertz CT molecular complexity index is 780. The Morgan fingerprint density at radius 1 is 1.12 bits per heavy atom. The van der Waals surface area contributed by atoms with Crippen LogP contribution in [0.1, 0.15) is 42.4 Å². The summed E-state index contributed by atoms with van der Waals surface area (Å²) >= 11 is 0. The van der Waals surface area contributed by atoms with E-state index >= 15 is 0 Å². The lowest BCUT2D eigenvalue weighted by atomic mass is 9.83. The number of hydrogen-bond donors (Lipinski definition) is 3. The van der Waals surface area contributed by atoms with Gasteiger partial charge in [-0.05, 0) is 36.6 Å². The lowest BCUT2D eigenvalue weighted by Crippen LogP contribution is -2.23. The summed E-state index contributed by atoms with van der Waals surface area (Å²) in [6.07, 6.45) is -6.07. The maximum atomic E-state index is 12.9. The van der Waals surface area contributed by atoms with Crippen LogP contribution in [-0.2, 0) is 6.18 Å². The fraction of sp³-hybridized carbons (Fsp3) is 0.375. The number of benzene rings is 1. The fourth-order valence-electron chi connectivity index (χ4n) is 2.84. The molecule has 1 aliphatic rings. The van der Waals surface area contributed by atoms with Crippen LogP contribution in [0.3, 0.4) is 0 Å². The molecule has 1 aliphatic carbocycles. The molecule has 0 aliphatic heterocycles. The van der Waals surface area contributed by atoms with Crippen LogP contribution in [0.4, 0.5) is 13.2 Å². The Balaban J connectivity index is 2.10. The molecule has 1 heterocycles. The lowest BCUT2D eigenvalue weighted by molar-refractivity contribution is -0.137. The van der Waals surface area contributed by atoms with Gasteiger partial charge in [0.1, 0.15) is 11.9 Å². The van der Waals surface area contributed by atoms with Crippen molar-refractivity contribution in [3.63, 3.8) is 0 Å². The van der Waals surface area contributed by atoms with E-state index in [1.165, 1.54) is 6.07 Å². The summed E-state index contributed by atoms with van der Waals surface area (Å²) < 4.78 is 38.6. The van der Waals surface area contributed by atoms with E-state index in [0.29, 0.717) is 12.0 Å². The van der Waals surface area contributed by atoms with Crippen molar-refractivity contribution in [1.82, 2.24) is 10.2 Å². The first-order valence-corrected chi connectivity index (χ1v) is 7.32. The zero-order valence-electron chi connectivity index (χ0n) is 12.6. The van der Waals surface area contributed by atoms with Crippen LogP contribution >= 0.6 is 0 Å². The molecule has 2 aromatic rings. The highest BCUT2D eigenvalue weighted by Gasteiger charge is 2.34. The Morgan fingerprint density at radius 2 is 1.83 bits per heavy atom. The number of alkyl halides is 3. The molecular formula is C16H15F3N2O3. The number of nitrogens with zero attached hydrogens (tertiary/aromatic N) is 2. The van der Waals surface area contributed by atoms with Gasteiger partial charge in [0.05, 0.1) is 23.1 Å². The molecule has 0 saturated heterocycles. The summed E-state index contributed by atoms with van der Waals surface area (Å²) in [6, 6.07) is 3.84. The summed E-state index contributed by atoms with van der Waals surface area (Å²) in [5.41, 5.74) is -0.554. The van der Waals surface area contributed by atoms with Crippen molar-refractivity contribution in [3.05, 3.63) is 41.1 Å². The highest BCUT2D eigenvalue weighted by atomic mass is 19.4. The zero-order chi connectivity index (χ0) is 17.6. The van der Waals surface area contributed by atoms with Gasteiger partial charge in [-0.3, -0.25) is 0 Å². The Kier molecular flexibility index (Phi) is 3.97. The second-order valence-electron chi connectivity index (χ2n) is 5.97. The third-order valence-corrected chi connectivity index (χ3v) is 4.23. The minimum absolute atomic E-state index is 0.00171. The Morgan fingerprint density at radius 3 is 2.50 bits per heavy atom. The zero-order valence-corrected chi connectivity index (χ0v) is 12.6. The third-order valence-electron chi connectivity index (χ3n) is 4.23. The maximum Gasteiger partial charge on any atom is 0.416 e. The molecule has 3 unspecified atom stereocenters. The molecule has 3 atom stereocenters. The van der Waals surface area contributed by atoms with Crippen molar-refractivity contribution in [2.75, 3.05) is 0 Å². The number of aliphatic hydroxyl groups excluding tert-OH is 2. The first kappa shape index (κ1) is 16.7. The SMILES string of the molecule is CC1CC(O)c2cc(-c3cc(C(F)(F)F)ccc3O)nnc2C1O. The number of phenols is 1. The van der Waals surface area contributed by atoms with Gasteiger partial charge in [0.15, 0.2) is 0 Å². The van der Waals surface area contributed by atoms with Gasteiger partial charge in [0.2, 0.25) is 0 Å². The maximum absolute atomic E-state index is 12.9. The van der Waals surface area contributed by atoms with Crippen molar-refractivity contribution in [2.45, 2.75) is 31.7 Å². The second kappa shape index (κ2) is 5.71.